The van der Waals surface area contributed by atoms with Gasteiger partial charge in [-0.15, -0.1) is 11.8 Å². The van der Waals surface area contributed by atoms with Crippen LogP contribution in [0.15, 0.2) is 41.3 Å². The third-order valence-corrected chi connectivity index (χ3v) is 6.30. The quantitative estimate of drug-likeness (QED) is 0.663. The van der Waals surface area contributed by atoms with Crippen LogP contribution in [-0.2, 0) is 5.75 Å². The number of rotatable bonds is 5. The number of thioether (sulfide) groups is 1. The molecule has 1 aromatic heterocycles. The number of nitrogens with zero attached hydrogens (tertiary/aromatic N) is 2. The van der Waals surface area contributed by atoms with E-state index in [0.717, 1.165) is 37.3 Å². The van der Waals surface area contributed by atoms with Gasteiger partial charge in [0.15, 0.2) is 0 Å². The number of aromatic nitrogens is 1. The number of aryl methyl sites for hydroxylation is 2. The van der Waals surface area contributed by atoms with E-state index in [0.29, 0.717) is 11.7 Å². The predicted octanol–water partition coefficient (Wildman–Crippen LogP) is 5.40. The van der Waals surface area contributed by atoms with E-state index in [1.54, 1.807) is 11.8 Å². The Hall–Kier alpha value is -1.81. The Morgan fingerprint density at radius 2 is 2.08 bits per heavy atom. The number of hydrogen-bond acceptors (Lipinski definition) is 3. The number of amides is 1. The summed E-state index contributed by atoms with van der Waals surface area (Å²) in [5, 5.41) is 0. The maximum absolute atomic E-state index is 12.9. The molecule has 2 heterocycles. The third-order valence-electron chi connectivity index (χ3n) is 5.09. The zero-order chi connectivity index (χ0) is 18.5. The second kappa shape index (κ2) is 8.72. The van der Waals surface area contributed by atoms with Crippen molar-refractivity contribution in [3.8, 4) is 0 Å². The highest BCUT2D eigenvalue weighted by Crippen LogP contribution is 2.26. The lowest BCUT2D eigenvalue weighted by molar-refractivity contribution is 0.0601. The Kier molecular flexibility index (Phi) is 6.36. The summed E-state index contributed by atoms with van der Waals surface area (Å²) in [7, 11) is 0. The molecular formula is C22H28N2OS. The zero-order valence-electron chi connectivity index (χ0n) is 16.0. The van der Waals surface area contributed by atoms with Gasteiger partial charge in [-0.3, -0.25) is 4.79 Å². The normalized spacial score (nSPS) is 17.3. The molecule has 0 spiro atoms. The summed E-state index contributed by atoms with van der Waals surface area (Å²) < 4.78 is 0. The minimum Gasteiger partial charge on any atom is -0.334 e. The molecule has 0 bridgehead atoms. The van der Waals surface area contributed by atoms with Crippen molar-refractivity contribution in [2.24, 2.45) is 0 Å². The van der Waals surface area contributed by atoms with Crippen LogP contribution >= 0.6 is 11.8 Å². The summed E-state index contributed by atoms with van der Waals surface area (Å²) in [6.07, 6.45) is 4.46. The fraction of sp³-hybridized carbons (Fsp3) is 0.455. The van der Waals surface area contributed by atoms with E-state index in [1.807, 2.05) is 23.1 Å². The number of benzene rings is 1. The van der Waals surface area contributed by atoms with E-state index in [9.17, 15) is 4.79 Å². The van der Waals surface area contributed by atoms with Crippen LogP contribution in [0.3, 0.4) is 0 Å². The van der Waals surface area contributed by atoms with E-state index in [2.05, 4.69) is 44.0 Å². The molecular weight excluding hydrogens is 340 g/mol. The molecule has 0 N–H and O–H groups in total. The summed E-state index contributed by atoms with van der Waals surface area (Å²) in [6.45, 7) is 7.29. The lowest BCUT2D eigenvalue weighted by Crippen LogP contribution is -2.43. The second-order valence-electron chi connectivity index (χ2n) is 7.13. The average Bonchev–Trinajstić information content (AvgIpc) is 2.67. The summed E-state index contributed by atoms with van der Waals surface area (Å²) in [5.74, 6) is 0.873. The van der Waals surface area contributed by atoms with Gasteiger partial charge in [0.05, 0.1) is 5.69 Å². The minimum absolute atomic E-state index is 0.0925. The topological polar surface area (TPSA) is 33.2 Å². The van der Waals surface area contributed by atoms with Crippen LogP contribution in [-0.4, -0.2) is 28.4 Å². The van der Waals surface area contributed by atoms with Crippen molar-refractivity contribution in [3.63, 3.8) is 0 Å². The molecule has 0 radical (unpaired) electrons. The van der Waals surface area contributed by atoms with Crippen LogP contribution in [0.5, 0.6) is 0 Å². The Morgan fingerprint density at radius 1 is 1.23 bits per heavy atom. The molecule has 2 aromatic rings. The van der Waals surface area contributed by atoms with E-state index < -0.39 is 0 Å². The lowest BCUT2D eigenvalue weighted by atomic mass is 9.99. The largest absolute Gasteiger partial charge is 0.334 e. The Morgan fingerprint density at radius 3 is 2.85 bits per heavy atom. The molecule has 4 heteroatoms. The predicted molar refractivity (Wildman–Crippen MR) is 109 cm³/mol. The fourth-order valence-electron chi connectivity index (χ4n) is 3.63. The molecule has 26 heavy (non-hydrogen) atoms. The first-order chi connectivity index (χ1) is 12.6. The summed E-state index contributed by atoms with van der Waals surface area (Å²) in [5.41, 5.74) is 4.13. The molecule has 1 aliphatic heterocycles. The molecule has 3 nitrogen and oxygen atoms in total. The fourth-order valence-corrected chi connectivity index (χ4v) is 4.55. The lowest BCUT2D eigenvalue weighted by Gasteiger charge is -2.35. The minimum atomic E-state index is 0.0925. The van der Waals surface area contributed by atoms with Crippen LogP contribution in [0.25, 0.3) is 0 Å². The number of piperidine rings is 1. The molecule has 138 valence electrons. The monoisotopic (exact) mass is 368 g/mol. The average molecular weight is 369 g/mol. The highest BCUT2D eigenvalue weighted by atomic mass is 32.2. The Balaban J connectivity index is 1.70. The molecule has 0 aliphatic carbocycles. The molecule has 1 aliphatic rings. The molecule has 3 rings (SSSR count). The maximum atomic E-state index is 12.9. The van der Waals surface area contributed by atoms with Crippen LogP contribution in [0.4, 0.5) is 0 Å². The van der Waals surface area contributed by atoms with Crippen molar-refractivity contribution >= 4 is 17.7 Å². The van der Waals surface area contributed by atoms with Gasteiger partial charge in [-0.05, 0) is 63.3 Å². The third kappa shape index (κ3) is 4.47. The van der Waals surface area contributed by atoms with Crippen LogP contribution in [0.1, 0.15) is 59.9 Å². The van der Waals surface area contributed by atoms with Gasteiger partial charge in [-0.25, -0.2) is 4.98 Å². The van der Waals surface area contributed by atoms with Crippen molar-refractivity contribution in [1.82, 2.24) is 9.88 Å². The van der Waals surface area contributed by atoms with Gasteiger partial charge in [-0.1, -0.05) is 30.7 Å². The highest BCUT2D eigenvalue weighted by molar-refractivity contribution is 7.98. The van der Waals surface area contributed by atoms with Crippen molar-refractivity contribution in [2.45, 2.75) is 63.1 Å². The first-order valence-corrected chi connectivity index (χ1v) is 10.5. The highest BCUT2D eigenvalue weighted by Gasteiger charge is 2.26. The number of carbonyl (C=O) groups excluding carboxylic acids is 1. The molecule has 0 saturated carbocycles. The van der Waals surface area contributed by atoms with Gasteiger partial charge in [0.25, 0.3) is 5.91 Å². The Labute approximate surface area is 161 Å². The van der Waals surface area contributed by atoms with Crippen LogP contribution in [0, 0.1) is 13.8 Å². The van der Waals surface area contributed by atoms with Crippen LogP contribution < -0.4 is 0 Å². The van der Waals surface area contributed by atoms with Crippen LogP contribution in [0.2, 0.25) is 0 Å². The first kappa shape index (κ1) is 19.0. The van der Waals surface area contributed by atoms with E-state index in [-0.39, 0.29) is 5.91 Å². The van der Waals surface area contributed by atoms with Gasteiger partial charge in [0.1, 0.15) is 5.69 Å². The first-order valence-electron chi connectivity index (χ1n) is 9.55. The maximum Gasteiger partial charge on any atom is 0.272 e. The summed E-state index contributed by atoms with van der Waals surface area (Å²) in [4.78, 5) is 20.9. The standard InChI is InChI=1S/C22H28N2OS/c1-4-19-9-5-6-13-24(19)22(25)20-10-7-8-18(23-20)15-26-21-12-11-16(2)14-17(21)3/h7-8,10-12,14,19H,4-6,9,13,15H2,1-3H3. The van der Waals surface area contributed by atoms with E-state index >= 15 is 0 Å². The second-order valence-corrected chi connectivity index (χ2v) is 8.15. The van der Waals surface area contributed by atoms with E-state index in [4.69, 9.17) is 0 Å². The van der Waals surface area contributed by atoms with Crippen molar-refractivity contribution in [2.75, 3.05) is 6.54 Å². The van der Waals surface area contributed by atoms with Gasteiger partial charge in [-0.2, -0.15) is 0 Å². The number of pyridine rings is 1. The number of carbonyl (C=O) groups is 1. The SMILES string of the molecule is CCC1CCCCN1C(=O)c1cccc(CSc2ccc(C)cc2C)n1. The van der Waals surface area contributed by atoms with Crippen molar-refractivity contribution < 1.29 is 4.79 Å². The molecule has 1 saturated heterocycles. The van der Waals surface area contributed by atoms with Gasteiger partial charge in [0.2, 0.25) is 0 Å². The molecule has 1 fully saturated rings. The Bertz CT molecular complexity index is 774. The van der Waals surface area contributed by atoms with Gasteiger partial charge in [0, 0.05) is 23.2 Å². The molecule has 1 atom stereocenters. The zero-order valence-corrected chi connectivity index (χ0v) is 16.8. The molecule has 1 aromatic carbocycles. The van der Waals surface area contributed by atoms with E-state index in [1.165, 1.54) is 22.4 Å². The molecule has 1 amide bonds. The smallest absolute Gasteiger partial charge is 0.272 e. The molecule has 1 unspecified atom stereocenters. The number of likely N-dealkylation sites (tertiary alicyclic amines) is 1. The summed E-state index contributed by atoms with van der Waals surface area (Å²) in [6, 6.07) is 12.7. The van der Waals surface area contributed by atoms with Crippen molar-refractivity contribution in [1.29, 1.82) is 0 Å². The van der Waals surface area contributed by atoms with Gasteiger partial charge >= 0.3 is 0 Å². The van der Waals surface area contributed by atoms with Gasteiger partial charge < -0.3 is 4.90 Å². The number of hydrogen-bond donors (Lipinski definition) is 0. The summed E-state index contributed by atoms with van der Waals surface area (Å²) >= 11 is 1.78. The van der Waals surface area contributed by atoms with Crippen molar-refractivity contribution in [3.05, 3.63) is 58.9 Å².